The first kappa shape index (κ1) is 25.8. The van der Waals surface area contributed by atoms with Crippen LogP contribution in [-0.2, 0) is 22.6 Å². The Morgan fingerprint density at radius 3 is 2.15 bits per heavy atom. The second kappa shape index (κ2) is 11.7. The van der Waals surface area contributed by atoms with Crippen molar-refractivity contribution in [2.75, 3.05) is 13.2 Å². The molecule has 2 N–H and O–H groups in total. The van der Waals surface area contributed by atoms with Gasteiger partial charge in [-0.3, -0.25) is 9.59 Å². The summed E-state index contributed by atoms with van der Waals surface area (Å²) >= 11 is 0. The summed E-state index contributed by atoms with van der Waals surface area (Å²) in [6.07, 6.45) is -0.775. The largest absolute Gasteiger partial charge is 0.481 e. The van der Waals surface area contributed by atoms with Crippen molar-refractivity contribution in [2.45, 2.75) is 25.4 Å². The molecule has 39 heavy (non-hydrogen) atoms. The maximum absolute atomic E-state index is 13.1. The zero-order valence-electron chi connectivity index (χ0n) is 21.2. The SMILES string of the molecule is O=C(O)CCN(Cc1ccccc1)C(=O)c1ccc(CNC(=O)OCC2c3ccccc3-c3ccccc32)o1. The van der Waals surface area contributed by atoms with Gasteiger partial charge in [-0.1, -0.05) is 78.9 Å². The molecule has 0 radical (unpaired) electrons. The molecule has 0 saturated carbocycles. The number of nitrogens with one attached hydrogen (secondary N) is 1. The summed E-state index contributed by atoms with van der Waals surface area (Å²) in [5, 5.41) is 11.8. The van der Waals surface area contributed by atoms with Crippen LogP contribution in [0.3, 0.4) is 0 Å². The van der Waals surface area contributed by atoms with Crippen molar-refractivity contribution in [1.29, 1.82) is 0 Å². The average Bonchev–Trinajstić information content (AvgIpc) is 3.56. The molecule has 0 unspecified atom stereocenters. The second-order valence-corrected chi connectivity index (χ2v) is 9.30. The molecular weight excluding hydrogens is 496 g/mol. The molecule has 0 bridgehead atoms. The first-order valence-electron chi connectivity index (χ1n) is 12.7. The van der Waals surface area contributed by atoms with Crippen LogP contribution in [0.4, 0.5) is 4.79 Å². The van der Waals surface area contributed by atoms with E-state index in [0.717, 1.165) is 27.8 Å². The normalized spacial score (nSPS) is 11.9. The maximum atomic E-state index is 13.1. The van der Waals surface area contributed by atoms with Gasteiger partial charge in [-0.15, -0.1) is 0 Å². The fourth-order valence-electron chi connectivity index (χ4n) is 4.84. The monoisotopic (exact) mass is 524 g/mol. The number of ether oxygens (including phenoxy) is 1. The second-order valence-electron chi connectivity index (χ2n) is 9.30. The smallest absolute Gasteiger partial charge is 0.407 e. The quantitative estimate of drug-likeness (QED) is 0.286. The van der Waals surface area contributed by atoms with Crippen LogP contribution in [0.15, 0.2) is 95.4 Å². The van der Waals surface area contributed by atoms with Crippen molar-refractivity contribution >= 4 is 18.0 Å². The van der Waals surface area contributed by atoms with E-state index in [2.05, 4.69) is 29.6 Å². The molecule has 8 nitrogen and oxygen atoms in total. The number of alkyl carbamates (subject to hydrolysis) is 1. The van der Waals surface area contributed by atoms with Crippen molar-refractivity contribution in [3.05, 3.63) is 119 Å². The zero-order valence-corrected chi connectivity index (χ0v) is 21.2. The molecule has 198 valence electrons. The minimum absolute atomic E-state index is 0.0388. The van der Waals surface area contributed by atoms with Gasteiger partial charge in [-0.05, 0) is 39.9 Å². The van der Waals surface area contributed by atoms with Crippen LogP contribution < -0.4 is 5.32 Å². The number of aliphatic carboxylic acids is 1. The van der Waals surface area contributed by atoms with E-state index in [4.69, 9.17) is 14.3 Å². The van der Waals surface area contributed by atoms with Crippen molar-refractivity contribution in [1.82, 2.24) is 10.2 Å². The predicted octanol–water partition coefficient (Wildman–Crippen LogP) is 5.44. The van der Waals surface area contributed by atoms with E-state index in [9.17, 15) is 14.4 Å². The Labute approximate surface area is 225 Å². The van der Waals surface area contributed by atoms with E-state index < -0.39 is 18.0 Å². The lowest BCUT2D eigenvalue weighted by Crippen LogP contribution is -2.32. The standard InChI is InChI=1S/C31H28N2O6/c34-29(35)16-17-33(19-21-8-2-1-3-9-21)30(36)28-15-14-22(39-28)18-32-31(37)38-20-27-25-12-6-4-10-23(25)24-11-5-7-13-26(24)27/h1-15,27H,16-20H2,(H,32,37)(H,34,35). The number of benzene rings is 3. The van der Waals surface area contributed by atoms with Gasteiger partial charge in [0.25, 0.3) is 5.91 Å². The van der Waals surface area contributed by atoms with E-state index in [-0.39, 0.29) is 44.3 Å². The molecule has 0 saturated heterocycles. The highest BCUT2D eigenvalue weighted by atomic mass is 16.5. The number of hydrogen-bond acceptors (Lipinski definition) is 5. The number of amides is 2. The highest BCUT2D eigenvalue weighted by Gasteiger charge is 2.29. The highest BCUT2D eigenvalue weighted by molar-refractivity contribution is 5.91. The highest BCUT2D eigenvalue weighted by Crippen LogP contribution is 2.44. The molecule has 0 fully saturated rings. The van der Waals surface area contributed by atoms with Crippen LogP contribution in [0.25, 0.3) is 11.1 Å². The minimum Gasteiger partial charge on any atom is -0.481 e. The Balaban J connectivity index is 1.17. The Kier molecular flexibility index (Phi) is 7.73. The molecule has 1 aliphatic rings. The number of furan rings is 1. The third-order valence-electron chi connectivity index (χ3n) is 6.72. The zero-order chi connectivity index (χ0) is 27.2. The van der Waals surface area contributed by atoms with Gasteiger partial charge in [0.15, 0.2) is 5.76 Å². The van der Waals surface area contributed by atoms with Gasteiger partial charge < -0.3 is 24.5 Å². The van der Waals surface area contributed by atoms with Gasteiger partial charge >= 0.3 is 12.1 Å². The summed E-state index contributed by atoms with van der Waals surface area (Å²) in [6.45, 7) is 0.523. The summed E-state index contributed by atoms with van der Waals surface area (Å²) in [7, 11) is 0. The molecule has 1 aromatic heterocycles. The van der Waals surface area contributed by atoms with Gasteiger partial charge in [0.2, 0.25) is 0 Å². The molecule has 0 aliphatic heterocycles. The summed E-state index contributed by atoms with van der Waals surface area (Å²) in [4.78, 5) is 38.1. The maximum Gasteiger partial charge on any atom is 0.407 e. The summed E-state index contributed by atoms with van der Waals surface area (Å²) in [6, 6.07) is 28.7. The van der Waals surface area contributed by atoms with Gasteiger partial charge in [0.05, 0.1) is 13.0 Å². The first-order valence-corrected chi connectivity index (χ1v) is 12.7. The lowest BCUT2D eigenvalue weighted by atomic mass is 9.98. The van der Waals surface area contributed by atoms with E-state index in [0.29, 0.717) is 5.76 Å². The molecule has 2 amide bonds. The lowest BCUT2D eigenvalue weighted by Gasteiger charge is -2.21. The third-order valence-corrected chi connectivity index (χ3v) is 6.72. The van der Waals surface area contributed by atoms with E-state index in [1.165, 1.54) is 11.0 Å². The van der Waals surface area contributed by atoms with Crippen LogP contribution >= 0.6 is 0 Å². The van der Waals surface area contributed by atoms with E-state index in [1.54, 1.807) is 6.07 Å². The van der Waals surface area contributed by atoms with Crippen molar-refractivity contribution in [3.8, 4) is 11.1 Å². The molecule has 5 rings (SSSR count). The Bertz CT molecular complexity index is 1430. The summed E-state index contributed by atoms with van der Waals surface area (Å²) in [5.41, 5.74) is 5.44. The van der Waals surface area contributed by atoms with Crippen LogP contribution in [0.2, 0.25) is 0 Å². The van der Waals surface area contributed by atoms with Gasteiger partial charge in [0, 0.05) is 19.0 Å². The number of nitrogens with zero attached hydrogens (tertiary/aromatic N) is 1. The van der Waals surface area contributed by atoms with Gasteiger partial charge in [-0.2, -0.15) is 0 Å². The molecule has 1 heterocycles. The summed E-state index contributed by atoms with van der Waals surface area (Å²) < 4.78 is 11.2. The van der Waals surface area contributed by atoms with Crippen molar-refractivity contribution < 1.29 is 28.6 Å². The third kappa shape index (κ3) is 6.01. The fourth-order valence-corrected chi connectivity index (χ4v) is 4.84. The average molecular weight is 525 g/mol. The van der Waals surface area contributed by atoms with Crippen molar-refractivity contribution in [3.63, 3.8) is 0 Å². The molecule has 1 aliphatic carbocycles. The van der Waals surface area contributed by atoms with Gasteiger partial charge in [-0.25, -0.2) is 4.79 Å². The topological polar surface area (TPSA) is 109 Å². The first-order chi connectivity index (χ1) is 19.0. The molecule has 4 aromatic rings. The lowest BCUT2D eigenvalue weighted by molar-refractivity contribution is -0.137. The minimum atomic E-state index is -0.992. The Morgan fingerprint density at radius 2 is 1.49 bits per heavy atom. The number of rotatable bonds is 10. The number of carboxylic acid groups (broad SMARTS) is 1. The van der Waals surface area contributed by atoms with E-state index in [1.807, 2.05) is 54.6 Å². The number of carbonyl (C=O) groups is 3. The molecule has 8 heteroatoms. The number of hydrogen-bond donors (Lipinski definition) is 2. The number of fused-ring (bicyclic) bond motifs is 3. The van der Waals surface area contributed by atoms with Crippen LogP contribution in [-0.4, -0.2) is 41.1 Å². The number of carbonyl (C=O) groups excluding carboxylic acids is 2. The van der Waals surface area contributed by atoms with Crippen LogP contribution in [0, 0.1) is 0 Å². The Morgan fingerprint density at radius 1 is 0.846 bits per heavy atom. The Hall–Kier alpha value is -4.85. The molecule has 0 spiro atoms. The molecule has 0 atom stereocenters. The van der Waals surface area contributed by atoms with Crippen LogP contribution in [0.1, 0.15) is 45.3 Å². The molecule has 3 aromatic carbocycles. The van der Waals surface area contributed by atoms with E-state index >= 15 is 0 Å². The van der Waals surface area contributed by atoms with Crippen LogP contribution in [0.5, 0.6) is 0 Å². The predicted molar refractivity (Wildman–Crippen MR) is 144 cm³/mol. The van der Waals surface area contributed by atoms with Crippen molar-refractivity contribution in [2.24, 2.45) is 0 Å². The molecular formula is C31H28N2O6. The summed E-state index contributed by atoms with van der Waals surface area (Å²) in [5.74, 6) is -1.01. The number of carboxylic acids is 1. The fraction of sp³-hybridized carbons (Fsp3) is 0.194. The van der Waals surface area contributed by atoms with Gasteiger partial charge in [0.1, 0.15) is 12.4 Å².